The molecule has 0 radical (unpaired) electrons. The predicted octanol–water partition coefficient (Wildman–Crippen LogP) is 0.0684. The van der Waals surface area contributed by atoms with Crippen LogP contribution in [0.15, 0.2) is 20.7 Å². The van der Waals surface area contributed by atoms with E-state index in [-0.39, 0.29) is 10.9 Å². The number of aryl methyl sites for hydroxylation is 1. The van der Waals surface area contributed by atoms with Crippen LogP contribution in [0, 0.1) is 0 Å². The van der Waals surface area contributed by atoms with Crippen LogP contribution >= 0.6 is 15.9 Å². The van der Waals surface area contributed by atoms with Crippen LogP contribution in [0.3, 0.4) is 0 Å². The zero-order valence-electron chi connectivity index (χ0n) is 11.9. The fraction of sp³-hybridized carbons (Fsp3) is 0.667. The molecule has 0 spiro atoms. The summed E-state index contributed by atoms with van der Waals surface area (Å²) < 4.78 is 29.3. The minimum absolute atomic E-state index is 0.0532. The van der Waals surface area contributed by atoms with E-state index in [0.717, 1.165) is 41.0 Å². The summed E-state index contributed by atoms with van der Waals surface area (Å²) in [6.07, 6.45) is 4.68. The summed E-state index contributed by atoms with van der Waals surface area (Å²) in [6, 6.07) is -0.245. The van der Waals surface area contributed by atoms with Crippen molar-refractivity contribution in [2.75, 3.05) is 0 Å². The van der Waals surface area contributed by atoms with E-state index in [1.54, 1.807) is 0 Å². The monoisotopic (exact) mass is 379 g/mol. The summed E-state index contributed by atoms with van der Waals surface area (Å²) >= 11 is 3.47. The maximum Gasteiger partial charge on any atom is 0.330 e. The molecule has 1 N–H and O–H groups in total. The Balaban J connectivity index is 2.41. The molecule has 2 atom stereocenters. The van der Waals surface area contributed by atoms with Gasteiger partial charge in [-0.05, 0) is 12.8 Å². The second-order valence-corrected chi connectivity index (χ2v) is 8.14. The highest BCUT2D eigenvalue weighted by molar-refractivity contribution is 9.09. The number of rotatable bonds is 3. The SMILES string of the molecule is Cn1cc(S(=O)(=O)NC2CCCCC2Br)c(=O)n(C)c1=O. The third kappa shape index (κ3) is 3.29. The highest BCUT2D eigenvalue weighted by Gasteiger charge is 2.30. The van der Waals surface area contributed by atoms with Gasteiger partial charge in [-0.25, -0.2) is 17.9 Å². The molecule has 118 valence electrons. The molecule has 9 heteroatoms. The average Bonchev–Trinajstić information content (AvgIpc) is 2.42. The molecular weight excluding hydrogens is 362 g/mol. The molecule has 1 saturated carbocycles. The van der Waals surface area contributed by atoms with Crippen molar-refractivity contribution in [3.63, 3.8) is 0 Å². The van der Waals surface area contributed by atoms with Gasteiger partial charge in [-0.1, -0.05) is 28.8 Å². The van der Waals surface area contributed by atoms with Gasteiger partial charge in [-0.3, -0.25) is 9.36 Å². The number of nitrogens with one attached hydrogen (secondary N) is 1. The van der Waals surface area contributed by atoms with Gasteiger partial charge in [0.1, 0.15) is 0 Å². The average molecular weight is 380 g/mol. The summed E-state index contributed by atoms with van der Waals surface area (Å²) in [6.45, 7) is 0. The van der Waals surface area contributed by atoms with E-state index in [9.17, 15) is 18.0 Å². The lowest BCUT2D eigenvalue weighted by Crippen LogP contribution is -2.46. The number of halogens is 1. The molecule has 21 heavy (non-hydrogen) atoms. The lowest BCUT2D eigenvalue weighted by Gasteiger charge is -2.27. The summed E-state index contributed by atoms with van der Waals surface area (Å²) in [5.41, 5.74) is -1.37. The molecule has 1 fully saturated rings. The Morgan fingerprint density at radius 1 is 1.24 bits per heavy atom. The van der Waals surface area contributed by atoms with Crippen molar-refractivity contribution < 1.29 is 8.42 Å². The summed E-state index contributed by atoms with van der Waals surface area (Å²) in [7, 11) is -1.29. The van der Waals surface area contributed by atoms with Crippen molar-refractivity contribution in [2.45, 2.75) is 41.4 Å². The maximum atomic E-state index is 12.4. The van der Waals surface area contributed by atoms with Gasteiger partial charge >= 0.3 is 5.69 Å². The van der Waals surface area contributed by atoms with Crippen LogP contribution < -0.4 is 16.0 Å². The first-order chi connectivity index (χ1) is 9.74. The largest absolute Gasteiger partial charge is 0.330 e. The molecule has 0 aliphatic heterocycles. The number of aromatic nitrogens is 2. The molecule has 7 nitrogen and oxygen atoms in total. The van der Waals surface area contributed by atoms with Gasteiger partial charge in [-0.2, -0.15) is 0 Å². The quantitative estimate of drug-likeness (QED) is 0.752. The first-order valence-corrected chi connectivity index (χ1v) is 9.07. The molecule has 2 unspecified atom stereocenters. The third-order valence-electron chi connectivity index (χ3n) is 3.69. The molecule has 1 aliphatic rings. The Morgan fingerprint density at radius 3 is 2.48 bits per heavy atom. The normalized spacial score (nSPS) is 23.2. The van der Waals surface area contributed by atoms with E-state index in [4.69, 9.17) is 0 Å². The Kier molecular flexibility index (Phi) is 4.74. The van der Waals surface area contributed by atoms with E-state index in [2.05, 4.69) is 20.7 Å². The first-order valence-electron chi connectivity index (χ1n) is 6.67. The van der Waals surface area contributed by atoms with Crippen molar-refractivity contribution >= 4 is 26.0 Å². The summed E-state index contributed by atoms with van der Waals surface area (Å²) in [5.74, 6) is 0. The fourth-order valence-electron chi connectivity index (χ4n) is 2.44. The van der Waals surface area contributed by atoms with Gasteiger partial charge in [0.05, 0.1) is 0 Å². The first kappa shape index (κ1) is 16.4. The molecule has 1 aromatic heterocycles. The van der Waals surface area contributed by atoms with Gasteiger partial charge < -0.3 is 4.57 Å². The Morgan fingerprint density at radius 2 is 1.86 bits per heavy atom. The summed E-state index contributed by atoms with van der Waals surface area (Å²) in [5, 5.41) is 0. The van der Waals surface area contributed by atoms with Gasteiger partial charge in [0, 0.05) is 31.2 Å². The minimum Gasteiger partial charge on any atom is -0.302 e. The predicted molar refractivity (Wildman–Crippen MR) is 82.2 cm³/mol. The van der Waals surface area contributed by atoms with Crippen molar-refractivity contribution in [1.82, 2.24) is 13.9 Å². The molecular formula is C12H18BrN3O4S. The van der Waals surface area contributed by atoms with Crippen molar-refractivity contribution in [1.29, 1.82) is 0 Å². The second-order valence-electron chi connectivity index (χ2n) is 5.28. The molecule has 2 rings (SSSR count). The zero-order valence-corrected chi connectivity index (χ0v) is 14.3. The molecule has 1 aliphatic carbocycles. The Labute approximate surface area is 131 Å². The lowest BCUT2D eigenvalue weighted by molar-refractivity contribution is 0.426. The standard InChI is InChI=1S/C12H18BrN3O4S/c1-15-7-10(11(17)16(2)12(15)18)21(19,20)14-9-6-4-3-5-8(9)13/h7-9,14H,3-6H2,1-2H3. The molecule has 0 bridgehead atoms. The van der Waals surface area contributed by atoms with E-state index in [1.807, 2.05) is 0 Å². The molecule has 0 amide bonds. The number of hydrogen-bond acceptors (Lipinski definition) is 4. The number of alkyl halides is 1. The summed E-state index contributed by atoms with van der Waals surface area (Å²) in [4.78, 5) is 23.3. The smallest absolute Gasteiger partial charge is 0.302 e. The van der Waals surface area contributed by atoms with E-state index >= 15 is 0 Å². The Bertz CT molecular complexity index is 753. The maximum absolute atomic E-state index is 12.4. The van der Waals surface area contributed by atoms with E-state index in [1.165, 1.54) is 14.1 Å². The number of nitrogens with zero attached hydrogens (tertiary/aromatic N) is 2. The van der Waals surface area contributed by atoms with Gasteiger partial charge in [0.25, 0.3) is 5.56 Å². The second kappa shape index (κ2) is 6.05. The van der Waals surface area contributed by atoms with Crippen molar-refractivity contribution in [2.24, 2.45) is 14.1 Å². The molecule has 1 heterocycles. The van der Waals surface area contributed by atoms with Crippen LogP contribution in [0.25, 0.3) is 0 Å². The van der Waals surface area contributed by atoms with Crippen LogP contribution in [0.5, 0.6) is 0 Å². The van der Waals surface area contributed by atoms with Crippen molar-refractivity contribution in [3.8, 4) is 0 Å². The van der Waals surface area contributed by atoms with Crippen LogP contribution in [-0.2, 0) is 24.1 Å². The number of hydrogen-bond donors (Lipinski definition) is 1. The van der Waals surface area contributed by atoms with Gasteiger partial charge in [-0.15, -0.1) is 0 Å². The van der Waals surface area contributed by atoms with Gasteiger partial charge in [0.2, 0.25) is 10.0 Å². The topological polar surface area (TPSA) is 90.2 Å². The highest BCUT2D eigenvalue weighted by atomic mass is 79.9. The Hall–Kier alpha value is -0.930. The minimum atomic E-state index is -3.96. The fourth-order valence-corrected chi connectivity index (χ4v) is 4.81. The number of sulfonamides is 1. The van der Waals surface area contributed by atoms with Gasteiger partial charge in [0.15, 0.2) is 4.90 Å². The van der Waals surface area contributed by atoms with Crippen LogP contribution in [0.2, 0.25) is 0 Å². The zero-order chi connectivity index (χ0) is 15.8. The highest BCUT2D eigenvalue weighted by Crippen LogP contribution is 2.25. The van der Waals surface area contributed by atoms with Crippen molar-refractivity contribution in [3.05, 3.63) is 27.0 Å². The van der Waals surface area contributed by atoms with E-state index in [0.29, 0.717) is 0 Å². The van der Waals surface area contributed by atoms with E-state index < -0.39 is 26.2 Å². The van der Waals surface area contributed by atoms with Crippen LogP contribution in [0.1, 0.15) is 25.7 Å². The molecule has 0 aromatic carbocycles. The van der Waals surface area contributed by atoms with Crippen LogP contribution in [-0.4, -0.2) is 28.4 Å². The molecule has 1 aromatic rings. The lowest BCUT2D eigenvalue weighted by atomic mass is 9.96. The van der Waals surface area contributed by atoms with Crippen LogP contribution in [0.4, 0.5) is 0 Å². The third-order valence-corrected chi connectivity index (χ3v) is 6.26. The molecule has 0 saturated heterocycles.